The Bertz CT molecular complexity index is 1160. The molecule has 5 rings (SSSR count). The highest BCUT2D eigenvalue weighted by atomic mass is 16.7. The molecule has 6 nitrogen and oxygen atoms in total. The van der Waals surface area contributed by atoms with Crippen molar-refractivity contribution in [1.82, 2.24) is 0 Å². The van der Waals surface area contributed by atoms with Crippen LogP contribution in [0.1, 0.15) is 127 Å². The van der Waals surface area contributed by atoms with Gasteiger partial charge in [-0.15, -0.1) is 0 Å². The molecule has 236 valence electrons. The molecule has 4 fully saturated rings. The number of hydrogen-bond acceptors (Lipinski definition) is 6. The normalized spacial score (nSPS) is 46.4. The molecule has 0 heterocycles. The summed E-state index contributed by atoms with van der Waals surface area (Å²) in [5.74, 6) is 1.27. The molecule has 0 aromatic carbocycles. The summed E-state index contributed by atoms with van der Waals surface area (Å²) in [5.41, 5.74) is 1.15. The Morgan fingerprint density at radius 2 is 1.52 bits per heavy atom. The fourth-order valence-electron chi connectivity index (χ4n) is 11.8. The average Bonchev–Trinajstić information content (AvgIpc) is 2.87. The lowest BCUT2D eigenvalue weighted by atomic mass is 9.33. The first-order chi connectivity index (χ1) is 19.4. The quantitative estimate of drug-likeness (QED) is 0.189. The summed E-state index contributed by atoms with van der Waals surface area (Å²) < 4.78 is 17.0. The molecule has 0 aromatic heterocycles. The summed E-state index contributed by atoms with van der Waals surface area (Å²) >= 11 is 0. The van der Waals surface area contributed by atoms with Crippen LogP contribution in [0.4, 0.5) is 0 Å². The lowest BCUT2D eigenvalue weighted by molar-refractivity contribution is -0.218. The van der Waals surface area contributed by atoms with Crippen LogP contribution >= 0.6 is 0 Å². The van der Waals surface area contributed by atoms with Gasteiger partial charge in [0.25, 0.3) is 0 Å². The molecule has 1 unspecified atom stereocenters. The molecule has 5 aliphatic rings. The Morgan fingerprint density at radius 1 is 0.833 bits per heavy atom. The van der Waals surface area contributed by atoms with Crippen molar-refractivity contribution in [2.75, 3.05) is 0 Å². The molecular weight excluding hydrogens is 528 g/mol. The fourth-order valence-corrected chi connectivity index (χ4v) is 11.8. The second-order valence-electron chi connectivity index (χ2n) is 16.3. The summed E-state index contributed by atoms with van der Waals surface area (Å²) in [6.07, 6.45) is 10.6. The molecule has 0 N–H and O–H groups in total. The van der Waals surface area contributed by atoms with Crippen molar-refractivity contribution in [3.63, 3.8) is 0 Å². The van der Waals surface area contributed by atoms with E-state index in [1.807, 2.05) is 0 Å². The monoisotopic (exact) mass is 584 g/mol. The van der Waals surface area contributed by atoms with Gasteiger partial charge < -0.3 is 14.2 Å². The SMILES string of the molecule is CC(=O)OC(C)OC(=O)[C@]12CC[C@@H](C)[C@H](C)[C@H]1C1=CC[C@@H]3[C@@]4(C)CC[C@H](OC(C)=O)C(C)(C)[C@@H]4CC[C@@]3(C)[C@]1(C)CC2. The van der Waals surface area contributed by atoms with E-state index in [2.05, 4.69) is 54.5 Å². The highest BCUT2D eigenvalue weighted by Gasteiger charge is 2.70. The predicted molar refractivity (Wildman–Crippen MR) is 162 cm³/mol. The summed E-state index contributed by atoms with van der Waals surface area (Å²) in [7, 11) is 0. The van der Waals surface area contributed by atoms with E-state index in [4.69, 9.17) is 14.2 Å². The molecule has 42 heavy (non-hydrogen) atoms. The Kier molecular flexibility index (Phi) is 7.79. The van der Waals surface area contributed by atoms with Crippen LogP contribution < -0.4 is 0 Å². The molecule has 0 aliphatic heterocycles. The summed E-state index contributed by atoms with van der Waals surface area (Å²) in [5, 5.41) is 0. The van der Waals surface area contributed by atoms with Gasteiger partial charge in [-0.25, -0.2) is 0 Å². The standard InChI is InChI=1S/C36H56O6/c1-21-13-18-36(31(39)42-25(5)40-23(3)37)20-19-34(9)26(30(36)22(21)2)11-12-28-33(8)16-15-29(41-24(4)38)32(6,7)27(33)14-17-35(28,34)10/h11,21-22,25,27-30H,12-20H2,1-10H3/t21-,22+,25?,27+,28-,29+,30+,33+,34-,35-,36+/m1/s1. The van der Waals surface area contributed by atoms with Crippen molar-refractivity contribution in [2.45, 2.75) is 139 Å². The number of esters is 3. The van der Waals surface area contributed by atoms with E-state index in [0.29, 0.717) is 23.7 Å². The van der Waals surface area contributed by atoms with Gasteiger partial charge in [-0.3, -0.25) is 14.4 Å². The van der Waals surface area contributed by atoms with Crippen LogP contribution in [0.2, 0.25) is 0 Å². The lowest BCUT2D eigenvalue weighted by Crippen LogP contribution is -2.65. The van der Waals surface area contributed by atoms with Crippen molar-refractivity contribution in [3.8, 4) is 0 Å². The zero-order valence-corrected chi connectivity index (χ0v) is 27.9. The second-order valence-corrected chi connectivity index (χ2v) is 16.3. The van der Waals surface area contributed by atoms with E-state index in [0.717, 1.165) is 57.8 Å². The van der Waals surface area contributed by atoms with Crippen molar-refractivity contribution in [3.05, 3.63) is 11.6 Å². The topological polar surface area (TPSA) is 78.9 Å². The van der Waals surface area contributed by atoms with Gasteiger partial charge in [0, 0.05) is 26.2 Å². The molecule has 0 bridgehead atoms. The van der Waals surface area contributed by atoms with E-state index in [9.17, 15) is 14.4 Å². The largest absolute Gasteiger partial charge is 0.462 e. The van der Waals surface area contributed by atoms with Crippen LogP contribution in [0.5, 0.6) is 0 Å². The number of allylic oxidation sites excluding steroid dienone is 2. The maximum Gasteiger partial charge on any atom is 0.315 e. The lowest BCUT2D eigenvalue weighted by Gasteiger charge is -2.71. The molecular formula is C36H56O6. The minimum atomic E-state index is -0.879. The van der Waals surface area contributed by atoms with Crippen molar-refractivity contribution >= 4 is 17.9 Å². The van der Waals surface area contributed by atoms with Gasteiger partial charge in [0.2, 0.25) is 6.29 Å². The van der Waals surface area contributed by atoms with Crippen LogP contribution in [0.25, 0.3) is 0 Å². The average molecular weight is 585 g/mol. The Labute approximate surface area is 254 Å². The molecule has 11 atom stereocenters. The maximum absolute atomic E-state index is 14.1. The number of hydrogen-bond donors (Lipinski definition) is 0. The van der Waals surface area contributed by atoms with Gasteiger partial charge in [-0.05, 0) is 104 Å². The maximum atomic E-state index is 14.1. The number of ether oxygens (including phenoxy) is 3. The van der Waals surface area contributed by atoms with Crippen molar-refractivity contribution < 1.29 is 28.6 Å². The Hall–Kier alpha value is -1.85. The molecule has 0 aromatic rings. The minimum Gasteiger partial charge on any atom is -0.462 e. The van der Waals surface area contributed by atoms with Gasteiger partial charge in [0.15, 0.2) is 0 Å². The van der Waals surface area contributed by atoms with Gasteiger partial charge in [0.1, 0.15) is 6.10 Å². The third-order valence-corrected chi connectivity index (χ3v) is 14.2. The number of carbonyl (C=O) groups is 3. The predicted octanol–water partition coefficient (Wildman–Crippen LogP) is 8.03. The minimum absolute atomic E-state index is 0.00202. The first-order valence-corrected chi connectivity index (χ1v) is 16.7. The third kappa shape index (κ3) is 4.42. The van der Waals surface area contributed by atoms with Crippen LogP contribution in [-0.2, 0) is 28.6 Å². The molecule has 4 saturated carbocycles. The van der Waals surface area contributed by atoms with E-state index in [1.54, 1.807) is 13.8 Å². The number of rotatable bonds is 4. The zero-order chi connectivity index (χ0) is 31.0. The van der Waals surface area contributed by atoms with Crippen LogP contribution in [-0.4, -0.2) is 30.3 Å². The van der Waals surface area contributed by atoms with Gasteiger partial charge >= 0.3 is 17.9 Å². The summed E-state index contributed by atoms with van der Waals surface area (Å²) in [4.78, 5) is 37.6. The van der Waals surface area contributed by atoms with Gasteiger partial charge in [-0.2, -0.15) is 0 Å². The van der Waals surface area contributed by atoms with E-state index >= 15 is 0 Å². The molecule has 0 amide bonds. The summed E-state index contributed by atoms with van der Waals surface area (Å²) in [6, 6.07) is 0. The number of fused-ring (bicyclic) bond motifs is 7. The smallest absolute Gasteiger partial charge is 0.315 e. The van der Waals surface area contributed by atoms with Crippen LogP contribution in [0, 0.1) is 56.7 Å². The van der Waals surface area contributed by atoms with Crippen molar-refractivity contribution in [1.29, 1.82) is 0 Å². The van der Waals surface area contributed by atoms with E-state index < -0.39 is 17.7 Å². The Balaban J connectivity index is 1.52. The van der Waals surface area contributed by atoms with E-state index in [1.165, 1.54) is 12.5 Å². The molecule has 0 radical (unpaired) electrons. The molecule has 6 heteroatoms. The van der Waals surface area contributed by atoms with Gasteiger partial charge in [-0.1, -0.05) is 60.1 Å². The highest BCUT2D eigenvalue weighted by Crippen LogP contribution is 2.76. The zero-order valence-electron chi connectivity index (χ0n) is 27.9. The third-order valence-electron chi connectivity index (χ3n) is 14.2. The molecule has 5 aliphatic carbocycles. The van der Waals surface area contributed by atoms with Crippen LogP contribution in [0.3, 0.4) is 0 Å². The first-order valence-electron chi connectivity index (χ1n) is 16.7. The van der Waals surface area contributed by atoms with Crippen molar-refractivity contribution in [2.24, 2.45) is 56.7 Å². The molecule has 0 saturated heterocycles. The molecule has 0 spiro atoms. The van der Waals surface area contributed by atoms with E-state index in [-0.39, 0.29) is 45.6 Å². The highest BCUT2D eigenvalue weighted by molar-refractivity contribution is 5.79. The second kappa shape index (κ2) is 10.4. The van der Waals surface area contributed by atoms with Gasteiger partial charge in [0.05, 0.1) is 5.41 Å². The number of carbonyl (C=O) groups excluding carboxylic acids is 3. The Morgan fingerprint density at radius 3 is 2.17 bits per heavy atom. The first kappa shape index (κ1) is 31.6. The van der Waals surface area contributed by atoms with Crippen LogP contribution in [0.15, 0.2) is 11.6 Å². The summed E-state index contributed by atoms with van der Waals surface area (Å²) in [6.45, 7) is 21.5. The fraction of sp³-hybridized carbons (Fsp3) is 0.861.